The monoisotopic (exact) mass is 257 g/mol. The Morgan fingerprint density at radius 3 is 2.31 bits per heavy atom. The molecule has 2 atom stereocenters. The Balaban J connectivity index is 0.00000128. The molecule has 2 saturated heterocycles. The molecule has 2 heterocycles. The Morgan fingerprint density at radius 2 is 2.00 bits per heavy atom. The first kappa shape index (κ1) is 13.7. The van der Waals surface area contributed by atoms with Gasteiger partial charge in [-0.15, -0.1) is 0 Å². The van der Waals surface area contributed by atoms with E-state index in [1.54, 1.807) is 0 Å². The van der Waals surface area contributed by atoms with Gasteiger partial charge in [0.05, 0.1) is 11.2 Å². The Kier molecular flexibility index (Phi) is 3.06. The molecule has 1 N–H and O–H groups in total. The van der Waals surface area contributed by atoms with Gasteiger partial charge in [0.25, 0.3) is 0 Å². The van der Waals surface area contributed by atoms with Crippen molar-refractivity contribution in [2.75, 3.05) is 0 Å². The van der Waals surface area contributed by atoms with Crippen LogP contribution in [0.1, 0.15) is 20.3 Å². The maximum Gasteiger partial charge on any atom is 2.00 e. The minimum atomic E-state index is -3.57. The zero-order chi connectivity index (χ0) is 11.6. The third-order valence-corrected chi connectivity index (χ3v) is 6.01. The largest absolute Gasteiger partial charge is 2.00 e. The molecular weight excluding hydrogens is 246 g/mol. The molecule has 2 rings (SSSR count). The Morgan fingerprint density at radius 1 is 1.50 bits per heavy atom. The van der Waals surface area contributed by atoms with Crippen molar-refractivity contribution in [3.05, 3.63) is 0 Å². The van der Waals surface area contributed by atoms with Gasteiger partial charge < -0.3 is 10.0 Å². The minimum Gasteiger partial charge on any atom is -0.480 e. The first-order valence-corrected chi connectivity index (χ1v) is 6.03. The SMILES string of the molecule is CC1(C)[C@H](C(=O)O)N2C(=O)CC2S1(=O)=O.[Mg+2]. The average Bonchev–Trinajstić information content (AvgIpc) is 2.19. The number of sulfone groups is 1. The molecule has 0 aromatic heterocycles. The van der Waals surface area contributed by atoms with Gasteiger partial charge in [-0.25, -0.2) is 13.2 Å². The van der Waals surface area contributed by atoms with E-state index in [1.807, 2.05) is 0 Å². The van der Waals surface area contributed by atoms with Gasteiger partial charge in [0.2, 0.25) is 5.91 Å². The number of carbonyl (C=O) groups is 2. The summed E-state index contributed by atoms with van der Waals surface area (Å²) in [6, 6.07) is -1.26. The van der Waals surface area contributed by atoms with E-state index in [0.717, 1.165) is 4.90 Å². The van der Waals surface area contributed by atoms with Crippen molar-refractivity contribution >= 4 is 44.8 Å². The van der Waals surface area contributed by atoms with Crippen LogP contribution in [0.4, 0.5) is 0 Å². The molecule has 0 radical (unpaired) electrons. The summed E-state index contributed by atoms with van der Waals surface area (Å²) in [5, 5.41) is 8.03. The molecule has 2 aliphatic rings. The first-order valence-electron chi connectivity index (χ1n) is 4.48. The van der Waals surface area contributed by atoms with Crippen molar-refractivity contribution in [1.82, 2.24) is 4.90 Å². The number of rotatable bonds is 1. The zero-order valence-corrected chi connectivity index (χ0v) is 11.2. The third kappa shape index (κ3) is 1.32. The number of carboxylic acids is 1. The summed E-state index contributed by atoms with van der Waals surface area (Å²) in [5.74, 6) is -1.67. The number of aliphatic carboxylic acids is 1. The second-order valence-corrected chi connectivity index (χ2v) is 7.04. The molecule has 8 heteroatoms. The molecule has 16 heavy (non-hydrogen) atoms. The van der Waals surface area contributed by atoms with Gasteiger partial charge >= 0.3 is 29.0 Å². The van der Waals surface area contributed by atoms with E-state index in [4.69, 9.17) is 5.11 Å². The van der Waals surface area contributed by atoms with Crippen molar-refractivity contribution in [1.29, 1.82) is 0 Å². The van der Waals surface area contributed by atoms with Crippen molar-refractivity contribution < 1.29 is 23.1 Å². The standard InChI is InChI=1S/C8H11NO5S.Mg/c1-8(2)6(7(11)12)9-4(10)3-5(9)15(8,13)14;/h5-6H,3H2,1-2H3,(H,11,12);/q;+2/t5?,6-;/m0./s1. The van der Waals surface area contributed by atoms with Gasteiger partial charge in [0.1, 0.15) is 11.4 Å². The van der Waals surface area contributed by atoms with Crippen molar-refractivity contribution in [2.45, 2.75) is 36.4 Å². The van der Waals surface area contributed by atoms with Crippen molar-refractivity contribution in [3.63, 3.8) is 0 Å². The molecule has 2 aliphatic heterocycles. The summed E-state index contributed by atoms with van der Waals surface area (Å²) in [5.41, 5.74) is 0. The summed E-state index contributed by atoms with van der Waals surface area (Å²) in [7, 11) is -3.57. The fourth-order valence-corrected chi connectivity index (χ4v) is 4.36. The molecule has 0 aromatic carbocycles. The van der Waals surface area contributed by atoms with E-state index in [0.29, 0.717) is 0 Å². The quantitative estimate of drug-likeness (QED) is 0.472. The summed E-state index contributed by atoms with van der Waals surface area (Å²) in [6.07, 6.45) is -0.0878. The van der Waals surface area contributed by atoms with Gasteiger partial charge in [0.15, 0.2) is 9.84 Å². The summed E-state index contributed by atoms with van der Waals surface area (Å²) < 4.78 is 22.4. The van der Waals surface area contributed by atoms with E-state index in [-0.39, 0.29) is 29.5 Å². The molecule has 0 aromatic rings. The maximum absolute atomic E-state index is 11.9. The normalized spacial score (nSPS) is 33.6. The average molecular weight is 258 g/mol. The summed E-state index contributed by atoms with van der Waals surface area (Å²) in [4.78, 5) is 23.2. The van der Waals surface area contributed by atoms with Crippen molar-refractivity contribution in [2.24, 2.45) is 0 Å². The molecule has 6 nitrogen and oxygen atoms in total. The maximum atomic E-state index is 11.9. The summed E-state index contributed by atoms with van der Waals surface area (Å²) >= 11 is 0. The van der Waals surface area contributed by atoms with E-state index < -0.39 is 37.9 Å². The van der Waals surface area contributed by atoms with E-state index in [2.05, 4.69) is 0 Å². The number of carboxylic acid groups (broad SMARTS) is 1. The van der Waals surface area contributed by atoms with Crippen LogP contribution in [0, 0.1) is 0 Å². The van der Waals surface area contributed by atoms with Crippen LogP contribution in [0.3, 0.4) is 0 Å². The molecule has 0 saturated carbocycles. The van der Waals surface area contributed by atoms with E-state index in [1.165, 1.54) is 13.8 Å². The fraction of sp³-hybridized carbons (Fsp3) is 0.750. The van der Waals surface area contributed by atoms with Crippen molar-refractivity contribution in [3.8, 4) is 0 Å². The van der Waals surface area contributed by atoms with E-state index >= 15 is 0 Å². The van der Waals surface area contributed by atoms with Crippen LogP contribution in [0.2, 0.25) is 0 Å². The second-order valence-electron chi connectivity index (χ2n) is 4.35. The van der Waals surface area contributed by atoms with Gasteiger partial charge in [-0.05, 0) is 13.8 Å². The predicted molar refractivity (Wildman–Crippen MR) is 55.4 cm³/mol. The molecule has 1 amide bonds. The molecular formula is C8H11MgNO5S+2. The van der Waals surface area contributed by atoms with Crippen LogP contribution >= 0.6 is 0 Å². The molecule has 2 fully saturated rings. The molecule has 84 valence electrons. The summed E-state index contributed by atoms with van der Waals surface area (Å²) in [6.45, 7) is 2.71. The predicted octanol–water partition coefficient (Wildman–Crippen LogP) is -1.18. The van der Waals surface area contributed by atoms with Gasteiger partial charge in [-0.2, -0.15) is 0 Å². The minimum absolute atomic E-state index is 0. The molecule has 1 unspecified atom stereocenters. The van der Waals surface area contributed by atoms with Gasteiger partial charge in [-0.1, -0.05) is 0 Å². The smallest absolute Gasteiger partial charge is 0.480 e. The number of carbonyl (C=O) groups excluding carboxylic acids is 1. The fourth-order valence-electron chi connectivity index (χ4n) is 2.23. The first-order chi connectivity index (χ1) is 6.71. The van der Waals surface area contributed by atoms with Gasteiger partial charge in [-0.3, -0.25) is 4.79 Å². The zero-order valence-electron chi connectivity index (χ0n) is 9.00. The van der Waals surface area contributed by atoms with Crippen LogP contribution in [-0.2, 0) is 19.4 Å². The van der Waals surface area contributed by atoms with Crippen LogP contribution in [0.25, 0.3) is 0 Å². The molecule has 0 aliphatic carbocycles. The number of amides is 1. The Labute approximate surface area is 109 Å². The second kappa shape index (κ2) is 3.57. The Hall–Kier alpha value is -0.344. The number of β-lactam (4-membered cyclic amide) rings is 1. The van der Waals surface area contributed by atoms with Gasteiger partial charge in [0, 0.05) is 0 Å². The topological polar surface area (TPSA) is 91.8 Å². The third-order valence-electron chi connectivity index (χ3n) is 3.21. The van der Waals surface area contributed by atoms with E-state index in [9.17, 15) is 18.0 Å². The molecule has 0 bridgehead atoms. The van der Waals surface area contributed by atoms with Crippen LogP contribution in [-0.4, -0.2) is 69.5 Å². The van der Waals surface area contributed by atoms with Crippen LogP contribution < -0.4 is 0 Å². The number of hydrogen-bond acceptors (Lipinski definition) is 4. The van der Waals surface area contributed by atoms with Crippen LogP contribution in [0.15, 0.2) is 0 Å². The number of nitrogens with zero attached hydrogens (tertiary/aromatic N) is 1. The Bertz CT molecular complexity index is 457. The number of fused-ring (bicyclic) bond motifs is 1. The number of hydrogen-bond donors (Lipinski definition) is 1. The van der Waals surface area contributed by atoms with Crippen LogP contribution in [0.5, 0.6) is 0 Å². The molecule has 0 spiro atoms.